The molecule has 1 amide bonds. The molecule has 1 aromatic heterocycles. The number of hydrogen-bond acceptors (Lipinski definition) is 4. The summed E-state index contributed by atoms with van der Waals surface area (Å²) in [5.74, 6) is 0.170. The summed E-state index contributed by atoms with van der Waals surface area (Å²) < 4.78 is 27.4. The SMILES string of the molecule is Cc1ccc2[nH]nc(C(=O)N3CCN(S(=O)(=O)c4ccc(C(C)C)cc4)CC3)c2c1. The predicted octanol–water partition coefficient (Wildman–Crippen LogP) is 3.14. The van der Waals surface area contributed by atoms with Crippen molar-refractivity contribution in [1.29, 1.82) is 0 Å². The van der Waals surface area contributed by atoms with Crippen LogP contribution in [0.1, 0.15) is 41.4 Å². The van der Waals surface area contributed by atoms with Gasteiger partial charge in [0.25, 0.3) is 5.91 Å². The van der Waals surface area contributed by atoms with Gasteiger partial charge in [-0.3, -0.25) is 9.89 Å². The highest BCUT2D eigenvalue weighted by molar-refractivity contribution is 7.89. The van der Waals surface area contributed by atoms with Crippen LogP contribution in [-0.4, -0.2) is 59.9 Å². The molecule has 7 nitrogen and oxygen atoms in total. The van der Waals surface area contributed by atoms with Crippen molar-refractivity contribution >= 4 is 26.8 Å². The van der Waals surface area contributed by atoms with Crippen LogP contribution < -0.4 is 0 Å². The van der Waals surface area contributed by atoms with Crippen molar-refractivity contribution in [3.63, 3.8) is 0 Å². The highest BCUT2D eigenvalue weighted by atomic mass is 32.2. The number of H-pyrrole nitrogens is 1. The minimum absolute atomic E-state index is 0.176. The van der Waals surface area contributed by atoms with E-state index in [-0.39, 0.29) is 19.0 Å². The van der Waals surface area contributed by atoms with Crippen molar-refractivity contribution in [2.75, 3.05) is 26.2 Å². The molecule has 2 heterocycles. The van der Waals surface area contributed by atoms with Crippen molar-refractivity contribution in [3.8, 4) is 0 Å². The van der Waals surface area contributed by atoms with Gasteiger partial charge in [0, 0.05) is 31.6 Å². The van der Waals surface area contributed by atoms with E-state index in [0.29, 0.717) is 29.6 Å². The third-order valence-electron chi connectivity index (χ3n) is 5.63. The van der Waals surface area contributed by atoms with Crippen LogP contribution in [0.3, 0.4) is 0 Å². The number of hydrogen-bond donors (Lipinski definition) is 1. The van der Waals surface area contributed by atoms with E-state index in [0.717, 1.165) is 22.0 Å². The molecular formula is C22H26N4O3S. The molecule has 0 spiro atoms. The number of piperazine rings is 1. The lowest BCUT2D eigenvalue weighted by molar-refractivity contribution is 0.0694. The molecule has 8 heteroatoms. The number of aromatic amines is 1. The minimum atomic E-state index is -3.57. The Morgan fingerprint density at radius 3 is 2.33 bits per heavy atom. The molecule has 4 rings (SSSR count). The van der Waals surface area contributed by atoms with E-state index < -0.39 is 10.0 Å². The molecule has 30 heavy (non-hydrogen) atoms. The fraction of sp³-hybridized carbons (Fsp3) is 0.364. The third kappa shape index (κ3) is 3.73. The molecule has 0 bridgehead atoms. The molecule has 0 aliphatic carbocycles. The second kappa shape index (κ2) is 7.85. The van der Waals surface area contributed by atoms with E-state index in [9.17, 15) is 13.2 Å². The van der Waals surface area contributed by atoms with Crippen molar-refractivity contribution in [2.24, 2.45) is 0 Å². The third-order valence-corrected chi connectivity index (χ3v) is 7.54. The Kier molecular flexibility index (Phi) is 5.38. The van der Waals surface area contributed by atoms with E-state index in [1.165, 1.54) is 4.31 Å². The highest BCUT2D eigenvalue weighted by Gasteiger charge is 2.31. The first-order valence-corrected chi connectivity index (χ1v) is 11.6. The zero-order valence-electron chi connectivity index (χ0n) is 17.4. The highest BCUT2D eigenvalue weighted by Crippen LogP contribution is 2.23. The Bertz CT molecular complexity index is 1170. The van der Waals surface area contributed by atoms with Gasteiger partial charge in [-0.1, -0.05) is 37.6 Å². The van der Waals surface area contributed by atoms with Crippen molar-refractivity contribution in [3.05, 3.63) is 59.3 Å². The molecule has 0 unspecified atom stereocenters. The van der Waals surface area contributed by atoms with Crippen LogP contribution in [0.4, 0.5) is 0 Å². The van der Waals surface area contributed by atoms with Gasteiger partial charge in [0.05, 0.1) is 10.4 Å². The number of aromatic nitrogens is 2. The number of carbonyl (C=O) groups is 1. The van der Waals surface area contributed by atoms with Gasteiger partial charge >= 0.3 is 0 Å². The molecule has 0 atom stereocenters. The standard InChI is InChI=1S/C22H26N4O3S/c1-15(2)17-5-7-18(8-6-17)30(28,29)26-12-10-25(11-13-26)22(27)21-19-14-16(3)4-9-20(19)23-24-21/h4-9,14-15H,10-13H2,1-3H3,(H,23,24). The first-order valence-electron chi connectivity index (χ1n) is 10.1. The number of fused-ring (bicyclic) bond motifs is 1. The summed E-state index contributed by atoms with van der Waals surface area (Å²) in [7, 11) is -3.57. The lowest BCUT2D eigenvalue weighted by atomic mass is 10.0. The van der Waals surface area contributed by atoms with Gasteiger partial charge in [-0.2, -0.15) is 9.40 Å². The number of amides is 1. The molecule has 1 aliphatic heterocycles. The molecule has 3 aromatic rings. The van der Waals surface area contributed by atoms with Crippen LogP contribution in [0.2, 0.25) is 0 Å². The fourth-order valence-electron chi connectivity index (χ4n) is 3.75. The number of carbonyl (C=O) groups excluding carboxylic acids is 1. The average Bonchev–Trinajstić information content (AvgIpc) is 3.16. The van der Waals surface area contributed by atoms with Crippen molar-refractivity contribution in [2.45, 2.75) is 31.6 Å². The monoisotopic (exact) mass is 426 g/mol. The summed E-state index contributed by atoms with van der Waals surface area (Å²) in [6.07, 6.45) is 0. The van der Waals surface area contributed by atoms with E-state index in [1.807, 2.05) is 37.3 Å². The number of aryl methyl sites for hydroxylation is 1. The summed E-state index contributed by atoms with van der Waals surface area (Å²) in [4.78, 5) is 15.0. The second-order valence-electron chi connectivity index (χ2n) is 8.04. The largest absolute Gasteiger partial charge is 0.335 e. The van der Waals surface area contributed by atoms with Gasteiger partial charge in [0.2, 0.25) is 10.0 Å². The maximum Gasteiger partial charge on any atom is 0.275 e. The fourth-order valence-corrected chi connectivity index (χ4v) is 5.17. The summed E-state index contributed by atoms with van der Waals surface area (Å²) in [5, 5.41) is 7.89. The Morgan fingerprint density at radius 1 is 1.03 bits per heavy atom. The van der Waals surface area contributed by atoms with Crippen LogP contribution in [0, 0.1) is 6.92 Å². The van der Waals surface area contributed by atoms with Gasteiger partial charge < -0.3 is 4.90 Å². The van der Waals surface area contributed by atoms with Gasteiger partial charge in [-0.05, 0) is 42.7 Å². The Balaban J connectivity index is 1.47. The molecule has 2 aromatic carbocycles. The molecule has 0 radical (unpaired) electrons. The average molecular weight is 427 g/mol. The second-order valence-corrected chi connectivity index (χ2v) is 9.98. The molecule has 1 N–H and O–H groups in total. The summed E-state index contributed by atoms with van der Waals surface area (Å²) >= 11 is 0. The maximum atomic E-state index is 13.0. The minimum Gasteiger partial charge on any atom is -0.335 e. The summed E-state index contributed by atoms with van der Waals surface area (Å²) in [5.41, 5.74) is 3.35. The predicted molar refractivity (Wildman–Crippen MR) is 116 cm³/mol. The lowest BCUT2D eigenvalue weighted by Crippen LogP contribution is -2.50. The number of rotatable bonds is 4. The maximum absolute atomic E-state index is 13.0. The van der Waals surface area contributed by atoms with Gasteiger partial charge in [0.1, 0.15) is 0 Å². The lowest BCUT2D eigenvalue weighted by Gasteiger charge is -2.33. The van der Waals surface area contributed by atoms with E-state index in [4.69, 9.17) is 0 Å². The van der Waals surface area contributed by atoms with E-state index in [1.54, 1.807) is 17.0 Å². The Hall–Kier alpha value is -2.71. The molecule has 1 fully saturated rings. The topological polar surface area (TPSA) is 86.4 Å². The van der Waals surface area contributed by atoms with Crippen LogP contribution in [0.5, 0.6) is 0 Å². The quantitative estimate of drug-likeness (QED) is 0.694. The summed E-state index contributed by atoms with van der Waals surface area (Å²) in [6, 6.07) is 12.9. The molecule has 0 saturated carbocycles. The number of sulfonamides is 1. The van der Waals surface area contributed by atoms with Gasteiger partial charge in [-0.25, -0.2) is 8.42 Å². The molecule has 1 aliphatic rings. The Morgan fingerprint density at radius 2 is 1.70 bits per heavy atom. The van der Waals surface area contributed by atoms with Crippen molar-refractivity contribution < 1.29 is 13.2 Å². The van der Waals surface area contributed by atoms with E-state index >= 15 is 0 Å². The Labute approximate surface area is 176 Å². The molecular weight excluding hydrogens is 400 g/mol. The molecule has 1 saturated heterocycles. The zero-order chi connectivity index (χ0) is 21.5. The van der Waals surface area contributed by atoms with Crippen molar-refractivity contribution in [1.82, 2.24) is 19.4 Å². The van der Waals surface area contributed by atoms with E-state index in [2.05, 4.69) is 24.0 Å². The van der Waals surface area contributed by atoms with Crippen LogP contribution in [0.25, 0.3) is 10.9 Å². The van der Waals surface area contributed by atoms with Crippen LogP contribution >= 0.6 is 0 Å². The van der Waals surface area contributed by atoms with Crippen LogP contribution in [0.15, 0.2) is 47.4 Å². The summed E-state index contributed by atoms with van der Waals surface area (Å²) in [6.45, 7) is 7.32. The smallest absolute Gasteiger partial charge is 0.275 e. The number of nitrogens with one attached hydrogen (secondary N) is 1. The van der Waals surface area contributed by atoms with Gasteiger partial charge in [-0.15, -0.1) is 0 Å². The first-order chi connectivity index (χ1) is 14.3. The number of nitrogens with zero attached hydrogens (tertiary/aromatic N) is 3. The zero-order valence-corrected chi connectivity index (χ0v) is 18.2. The normalized spacial score (nSPS) is 15.8. The van der Waals surface area contributed by atoms with Gasteiger partial charge in [0.15, 0.2) is 5.69 Å². The molecule has 158 valence electrons. The number of benzene rings is 2. The van der Waals surface area contributed by atoms with Crippen LogP contribution in [-0.2, 0) is 10.0 Å². The first kappa shape index (κ1) is 20.6.